The SMILES string of the molecule is COc1cc2c(cc1OC)[C@@H]1c3ccccc3C=N[C@@H]1CC2. The number of hydrogen-bond donors (Lipinski definition) is 0. The maximum atomic E-state index is 5.51. The van der Waals surface area contributed by atoms with Gasteiger partial charge in [0.1, 0.15) is 0 Å². The van der Waals surface area contributed by atoms with Crippen molar-refractivity contribution >= 4 is 6.21 Å². The maximum Gasteiger partial charge on any atom is 0.161 e. The normalized spacial score (nSPS) is 21.5. The van der Waals surface area contributed by atoms with Gasteiger partial charge in [-0.2, -0.15) is 0 Å². The van der Waals surface area contributed by atoms with Gasteiger partial charge in [0, 0.05) is 12.1 Å². The number of benzene rings is 2. The Kier molecular flexibility index (Phi) is 3.14. The average molecular weight is 293 g/mol. The van der Waals surface area contributed by atoms with Crippen LogP contribution in [0.3, 0.4) is 0 Å². The number of ether oxygens (including phenoxy) is 2. The van der Waals surface area contributed by atoms with Gasteiger partial charge in [0.2, 0.25) is 0 Å². The Morgan fingerprint density at radius 3 is 2.59 bits per heavy atom. The van der Waals surface area contributed by atoms with Crippen LogP contribution in [-0.4, -0.2) is 26.5 Å². The molecule has 3 nitrogen and oxygen atoms in total. The zero-order valence-corrected chi connectivity index (χ0v) is 12.9. The molecule has 0 unspecified atom stereocenters. The van der Waals surface area contributed by atoms with Crippen LogP contribution in [0.5, 0.6) is 11.5 Å². The molecule has 22 heavy (non-hydrogen) atoms. The highest BCUT2D eigenvalue weighted by Gasteiger charge is 2.34. The predicted octanol–water partition coefficient (Wildman–Crippen LogP) is 3.58. The van der Waals surface area contributed by atoms with Crippen LogP contribution in [0.25, 0.3) is 0 Å². The summed E-state index contributed by atoms with van der Waals surface area (Å²) in [6.07, 6.45) is 4.15. The fourth-order valence-electron chi connectivity index (χ4n) is 3.74. The van der Waals surface area contributed by atoms with Gasteiger partial charge >= 0.3 is 0 Å². The fourth-order valence-corrected chi connectivity index (χ4v) is 3.74. The van der Waals surface area contributed by atoms with Crippen molar-refractivity contribution in [3.05, 3.63) is 58.7 Å². The minimum Gasteiger partial charge on any atom is -0.493 e. The standard InChI is InChI=1S/C19H19NO2/c1-21-17-9-12-7-8-16-19(15(12)10-18(17)22-2)14-6-4-3-5-13(14)11-20-16/h3-6,9-11,16,19H,7-8H2,1-2H3/t16-,19+/m1/s1. The van der Waals surface area contributed by atoms with E-state index in [1.807, 2.05) is 6.21 Å². The summed E-state index contributed by atoms with van der Waals surface area (Å²) in [6.45, 7) is 0. The summed E-state index contributed by atoms with van der Waals surface area (Å²) in [5, 5.41) is 0. The van der Waals surface area contributed by atoms with Crippen molar-refractivity contribution < 1.29 is 9.47 Å². The van der Waals surface area contributed by atoms with Gasteiger partial charge in [-0.05, 0) is 47.2 Å². The van der Waals surface area contributed by atoms with Crippen LogP contribution >= 0.6 is 0 Å². The highest BCUT2D eigenvalue weighted by molar-refractivity contribution is 5.84. The van der Waals surface area contributed by atoms with Crippen LogP contribution in [0.1, 0.15) is 34.6 Å². The van der Waals surface area contributed by atoms with Gasteiger partial charge < -0.3 is 9.47 Å². The highest BCUT2D eigenvalue weighted by Crippen LogP contribution is 2.45. The van der Waals surface area contributed by atoms with Crippen LogP contribution in [0.15, 0.2) is 41.4 Å². The van der Waals surface area contributed by atoms with Crippen molar-refractivity contribution in [3.8, 4) is 11.5 Å². The second kappa shape index (κ2) is 5.16. The highest BCUT2D eigenvalue weighted by atomic mass is 16.5. The molecule has 0 fully saturated rings. The third kappa shape index (κ3) is 1.92. The van der Waals surface area contributed by atoms with E-state index in [1.54, 1.807) is 14.2 Å². The topological polar surface area (TPSA) is 30.8 Å². The molecule has 0 N–H and O–H groups in total. The lowest BCUT2D eigenvalue weighted by Gasteiger charge is -2.35. The zero-order chi connectivity index (χ0) is 15.1. The van der Waals surface area contributed by atoms with Crippen molar-refractivity contribution in [2.24, 2.45) is 4.99 Å². The lowest BCUT2D eigenvalue weighted by atomic mass is 9.73. The number of hydrogen-bond acceptors (Lipinski definition) is 3. The molecule has 2 aliphatic rings. The Labute approximate surface area is 130 Å². The third-order valence-corrected chi connectivity index (χ3v) is 4.81. The second-order valence-electron chi connectivity index (χ2n) is 5.90. The van der Waals surface area contributed by atoms with Gasteiger partial charge in [-0.3, -0.25) is 4.99 Å². The summed E-state index contributed by atoms with van der Waals surface area (Å²) in [7, 11) is 3.38. The molecule has 0 spiro atoms. The number of rotatable bonds is 2. The maximum absolute atomic E-state index is 5.51. The number of methoxy groups -OCH3 is 2. The van der Waals surface area contributed by atoms with Gasteiger partial charge in [0.15, 0.2) is 11.5 Å². The molecule has 0 aromatic heterocycles. The lowest BCUT2D eigenvalue weighted by molar-refractivity contribution is 0.352. The summed E-state index contributed by atoms with van der Waals surface area (Å²) in [4.78, 5) is 4.79. The van der Waals surface area contributed by atoms with E-state index in [9.17, 15) is 0 Å². The minimum absolute atomic E-state index is 0.324. The molecule has 1 aliphatic heterocycles. The van der Waals surface area contributed by atoms with Crippen LogP contribution in [0, 0.1) is 0 Å². The molecule has 2 aromatic carbocycles. The third-order valence-electron chi connectivity index (χ3n) is 4.81. The molecule has 1 aliphatic carbocycles. The Morgan fingerprint density at radius 2 is 1.77 bits per heavy atom. The first-order valence-corrected chi connectivity index (χ1v) is 7.68. The second-order valence-corrected chi connectivity index (χ2v) is 5.90. The molecule has 0 saturated carbocycles. The molecule has 0 amide bonds. The first-order valence-electron chi connectivity index (χ1n) is 7.68. The van der Waals surface area contributed by atoms with Crippen molar-refractivity contribution in [1.29, 1.82) is 0 Å². The summed E-state index contributed by atoms with van der Waals surface area (Å²) in [5.41, 5.74) is 5.28. The van der Waals surface area contributed by atoms with E-state index in [-0.39, 0.29) is 0 Å². The van der Waals surface area contributed by atoms with Gasteiger partial charge in [0.25, 0.3) is 0 Å². The number of fused-ring (bicyclic) bond motifs is 5. The Hall–Kier alpha value is -2.29. The van der Waals surface area contributed by atoms with Crippen molar-refractivity contribution in [2.45, 2.75) is 24.8 Å². The zero-order valence-electron chi connectivity index (χ0n) is 12.9. The largest absolute Gasteiger partial charge is 0.493 e. The van der Waals surface area contributed by atoms with Crippen LogP contribution in [-0.2, 0) is 6.42 Å². The summed E-state index contributed by atoms with van der Waals surface area (Å²) < 4.78 is 11.0. The number of aliphatic imine (C=N–C) groups is 1. The molecule has 2 atom stereocenters. The van der Waals surface area contributed by atoms with E-state index >= 15 is 0 Å². The van der Waals surface area contributed by atoms with Crippen LogP contribution in [0.4, 0.5) is 0 Å². The first kappa shape index (κ1) is 13.4. The van der Waals surface area contributed by atoms with E-state index in [4.69, 9.17) is 14.5 Å². The molecule has 2 aromatic rings. The molecule has 3 heteroatoms. The van der Waals surface area contributed by atoms with Gasteiger partial charge in [-0.15, -0.1) is 0 Å². The smallest absolute Gasteiger partial charge is 0.161 e. The van der Waals surface area contributed by atoms with E-state index in [0.29, 0.717) is 12.0 Å². The van der Waals surface area contributed by atoms with E-state index in [2.05, 4.69) is 36.4 Å². The van der Waals surface area contributed by atoms with Crippen LogP contribution < -0.4 is 9.47 Å². The summed E-state index contributed by atoms with van der Waals surface area (Å²) >= 11 is 0. The first-order chi connectivity index (χ1) is 10.8. The molecule has 4 rings (SSSR count). The molecule has 0 bridgehead atoms. The number of aryl methyl sites for hydroxylation is 1. The fraction of sp³-hybridized carbons (Fsp3) is 0.316. The molecule has 1 heterocycles. The predicted molar refractivity (Wildman–Crippen MR) is 87.5 cm³/mol. The van der Waals surface area contributed by atoms with E-state index in [0.717, 1.165) is 24.3 Å². The van der Waals surface area contributed by atoms with Crippen LogP contribution in [0.2, 0.25) is 0 Å². The van der Waals surface area contributed by atoms with Gasteiger partial charge in [-0.1, -0.05) is 24.3 Å². The van der Waals surface area contributed by atoms with E-state index in [1.165, 1.54) is 22.3 Å². The number of nitrogens with zero attached hydrogens (tertiary/aromatic N) is 1. The quantitative estimate of drug-likeness (QED) is 0.847. The summed E-state index contributed by atoms with van der Waals surface area (Å²) in [5.74, 6) is 1.94. The minimum atomic E-state index is 0.324. The molecular formula is C19H19NO2. The Morgan fingerprint density at radius 1 is 1.00 bits per heavy atom. The summed E-state index contributed by atoms with van der Waals surface area (Å²) in [6, 6.07) is 13.2. The molecule has 0 radical (unpaired) electrons. The molecular weight excluding hydrogens is 274 g/mol. The average Bonchev–Trinajstić information content (AvgIpc) is 2.59. The van der Waals surface area contributed by atoms with Gasteiger partial charge in [0.05, 0.1) is 20.3 Å². The van der Waals surface area contributed by atoms with Crippen molar-refractivity contribution in [1.82, 2.24) is 0 Å². The molecule has 112 valence electrons. The Bertz CT molecular complexity index is 751. The van der Waals surface area contributed by atoms with E-state index < -0.39 is 0 Å². The lowest BCUT2D eigenvalue weighted by Crippen LogP contribution is -2.28. The molecule has 0 saturated heterocycles. The Balaban J connectivity index is 1.90. The van der Waals surface area contributed by atoms with Gasteiger partial charge in [-0.25, -0.2) is 0 Å². The monoisotopic (exact) mass is 293 g/mol. The van der Waals surface area contributed by atoms with Crippen molar-refractivity contribution in [3.63, 3.8) is 0 Å². The van der Waals surface area contributed by atoms with Crippen molar-refractivity contribution in [2.75, 3.05) is 14.2 Å².